The molecule has 0 bridgehead atoms. The summed E-state index contributed by atoms with van der Waals surface area (Å²) in [4.78, 5) is 11.6. The molecule has 2 aromatic heterocycles. The summed E-state index contributed by atoms with van der Waals surface area (Å²) in [6, 6.07) is 6.24. The first-order valence-electron chi connectivity index (χ1n) is 6.27. The standard InChI is InChI=1S/C15H15N3Si/c1-19(2,3)7-6-11-4-5-12-13-9-16-10-17-15(13)18-14(12)8-11/h4-5,8-10H,1-3H3,(H,16,17,18). The number of fused-ring (bicyclic) bond motifs is 3. The van der Waals surface area contributed by atoms with E-state index in [-0.39, 0.29) is 0 Å². The van der Waals surface area contributed by atoms with Crippen molar-refractivity contribution in [3.05, 3.63) is 36.3 Å². The van der Waals surface area contributed by atoms with Crippen molar-refractivity contribution in [3.8, 4) is 11.5 Å². The van der Waals surface area contributed by atoms with Crippen molar-refractivity contribution in [2.24, 2.45) is 0 Å². The average Bonchev–Trinajstić information content (AvgIpc) is 2.73. The van der Waals surface area contributed by atoms with Crippen molar-refractivity contribution < 1.29 is 0 Å². The molecule has 0 aliphatic rings. The maximum absolute atomic E-state index is 4.24. The molecule has 4 heteroatoms. The maximum Gasteiger partial charge on any atom is 0.141 e. The first-order valence-corrected chi connectivity index (χ1v) is 9.77. The summed E-state index contributed by atoms with van der Waals surface area (Å²) in [5.41, 5.74) is 6.38. The molecule has 0 saturated carbocycles. The lowest BCUT2D eigenvalue weighted by atomic mass is 10.1. The van der Waals surface area contributed by atoms with E-state index < -0.39 is 8.07 Å². The summed E-state index contributed by atoms with van der Waals surface area (Å²) in [6.07, 6.45) is 3.40. The molecule has 1 N–H and O–H groups in total. The lowest BCUT2D eigenvalue weighted by Gasteiger charge is -2.03. The number of rotatable bonds is 0. The highest BCUT2D eigenvalue weighted by atomic mass is 28.3. The third kappa shape index (κ3) is 2.38. The van der Waals surface area contributed by atoms with E-state index in [9.17, 15) is 0 Å². The van der Waals surface area contributed by atoms with Crippen LogP contribution in [0.4, 0.5) is 0 Å². The Bertz CT molecular complexity index is 816. The van der Waals surface area contributed by atoms with Gasteiger partial charge in [0.1, 0.15) is 20.0 Å². The van der Waals surface area contributed by atoms with Crippen LogP contribution in [0.25, 0.3) is 21.9 Å². The smallest absolute Gasteiger partial charge is 0.141 e. The lowest BCUT2D eigenvalue weighted by Crippen LogP contribution is -2.16. The average molecular weight is 265 g/mol. The molecule has 0 unspecified atom stereocenters. The fraction of sp³-hybridized carbons (Fsp3) is 0.200. The number of aromatic amines is 1. The third-order valence-corrected chi connectivity index (χ3v) is 3.73. The monoisotopic (exact) mass is 265 g/mol. The Labute approximate surface area is 113 Å². The zero-order chi connectivity index (χ0) is 13.5. The number of H-pyrrole nitrogens is 1. The fourth-order valence-electron chi connectivity index (χ4n) is 1.97. The van der Waals surface area contributed by atoms with E-state index in [4.69, 9.17) is 0 Å². The summed E-state index contributed by atoms with van der Waals surface area (Å²) in [5, 5.41) is 2.20. The van der Waals surface area contributed by atoms with Crippen LogP contribution in [-0.4, -0.2) is 23.0 Å². The van der Waals surface area contributed by atoms with Crippen molar-refractivity contribution in [2.75, 3.05) is 0 Å². The highest BCUT2D eigenvalue weighted by Crippen LogP contribution is 2.23. The van der Waals surface area contributed by atoms with Crippen LogP contribution in [0.1, 0.15) is 5.56 Å². The number of aromatic nitrogens is 3. The highest BCUT2D eigenvalue weighted by Gasteiger charge is 2.08. The predicted octanol–water partition coefficient (Wildman–Crippen LogP) is 3.34. The van der Waals surface area contributed by atoms with Crippen LogP contribution in [-0.2, 0) is 0 Å². The highest BCUT2D eigenvalue weighted by molar-refractivity contribution is 6.83. The van der Waals surface area contributed by atoms with Crippen LogP contribution >= 0.6 is 0 Å². The number of hydrogen-bond acceptors (Lipinski definition) is 2. The van der Waals surface area contributed by atoms with Gasteiger partial charge in [0, 0.05) is 28.0 Å². The number of hydrogen-bond donors (Lipinski definition) is 1. The van der Waals surface area contributed by atoms with Crippen LogP contribution < -0.4 is 0 Å². The molecule has 0 fully saturated rings. The zero-order valence-electron chi connectivity index (χ0n) is 11.3. The molecular formula is C15H15N3Si. The largest absolute Gasteiger partial charge is 0.339 e. The van der Waals surface area contributed by atoms with Gasteiger partial charge in [-0.2, -0.15) is 0 Å². The molecule has 0 radical (unpaired) electrons. The van der Waals surface area contributed by atoms with Gasteiger partial charge in [0.15, 0.2) is 0 Å². The van der Waals surface area contributed by atoms with Crippen LogP contribution in [0, 0.1) is 11.5 Å². The summed E-state index contributed by atoms with van der Waals surface area (Å²) in [5.74, 6) is 3.28. The first kappa shape index (κ1) is 11.9. The Kier molecular flexibility index (Phi) is 2.65. The van der Waals surface area contributed by atoms with E-state index in [2.05, 4.69) is 64.3 Å². The molecule has 0 spiro atoms. The van der Waals surface area contributed by atoms with E-state index in [1.165, 1.54) is 0 Å². The quantitative estimate of drug-likeness (QED) is 0.500. The molecule has 0 aliphatic carbocycles. The van der Waals surface area contributed by atoms with Crippen molar-refractivity contribution in [1.29, 1.82) is 0 Å². The number of nitrogens with one attached hydrogen (secondary N) is 1. The zero-order valence-corrected chi connectivity index (χ0v) is 12.3. The topological polar surface area (TPSA) is 41.6 Å². The summed E-state index contributed by atoms with van der Waals surface area (Å²) < 4.78 is 0. The van der Waals surface area contributed by atoms with E-state index in [0.717, 1.165) is 27.5 Å². The van der Waals surface area contributed by atoms with Gasteiger partial charge in [-0.1, -0.05) is 31.6 Å². The Hall–Kier alpha value is -2.12. The Morgan fingerprint density at radius 2 is 2.00 bits per heavy atom. The molecule has 3 rings (SSSR count). The first-order chi connectivity index (χ1) is 9.03. The Morgan fingerprint density at radius 3 is 2.79 bits per heavy atom. The molecule has 1 aromatic carbocycles. The maximum atomic E-state index is 4.24. The van der Waals surface area contributed by atoms with Gasteiger partial charge < -0.3 is 4.98 Å². The molecular weight excluding hydrogens is 250 g/mol. The van der Waals surface area contributed by atoms with Gasteiger partial charge in [0.2, 0.25) is 0 Å². The molecule has 2 heterocycles. The van der Waals surface area contributed by atoms with Gasteiger partial charge in [-0.25, -0.2) is 9.97 Å². The minimum atomic E-state index is -1.33. The van der Waals surface area contributed by atoms with E-state index in [1.807, 2.05) is 6.20 Å². The summed E-state index contributed by atoms with van der Waals surface area (Å²) in [6.45, 7) is 6.74. The van der Waals surface area contributed by atoms with Crippen molar-refractivity contribution >= 4 is 30.0 Å². The molecule has 0 atom stereocenters. The third-order valence-electron chi connectivity index (χ3n) is 2.86. The Morgan fingerprint density at radius 1 is 1.16 bits per heavy atom. The summed E-state index contributed by atoms with van der Waals surface area (Å²) in [7, 11) is -1.33. The molecule has 0 amide bonds. The van der Waals surface area contributed by atoms with Crippen LogP contribution in [0.2, 0.25) is 19.6 Å². The van der Waals surface area contributed by atoms with Crippen molar-refractivity contribution in [1.82, 2.24) is 15.0 Å². The van der Waals surface area contributed by atoms with Crippen LogP contribution in [0.3, 0.4) is 0 Å². The molecule has 19 heavy (non-hydrogen) atoms. The Balaban J connectivity index is 2.15. The molecule has 3 nitrogen and oxygen atoms in total. The lowest BCUT2D eigenvalue weighted by molar-refractivity contribution is 1.21. The minimum absolute atomic E-state index is 0.875. The molecule has 3 aromatic rings. The van der Waals surface area contributed by atoms with Gasteiger partial charge >= 0.3 is 0 Å². The van der Waals surface area contributed by atoms with Crippen LogP contribution in [0.15, 0.2) is 30.7 Å². The van der Waals surface area contributed by atoms with Gasteiger partial charge in [-0.3, -0.25) is 0 Å². The van der Waals surface area contributed by atoms with Crippen molar-refractivity contribution in [3.63, 3.8) is 0 Å². The second-order valence-electron chi connectivity index (χ2n) is 5.67. The molecule has 94 valence electrons. The van der Waals surface area contributed by atoms with Gasteiger partial charge in [-0.05, 0) is 12.1 Å². The van der Waals surface area contributed by atoms with Gasteiger partial charge in [0.25, 0.3) is 0 Å². The van der Waals surface area contributed by atoms with E-state index >= 15 is 0 Å². The molecule has 0 aliphatic heterocycles. The van der Waals surface area contributed by atoms with Crippen molar-refractivity contribution in [2.45, 2.75) is 19.6 Å². The minimum Gasteiger partial charge on any atom is -0.339 e. The SMILES string of the molecule is C[Si](C)(C)C#Cc1ccc2c(c1)[nH]c1ncncc12. The van der Waals surface area contributed by atoms with Crippen LogP contribution in [0.5, 0.6) is 0 Å². The van der Waals surface area contributed by atoms with Gasteiger partial charge in [-0.15, -0.1) is 5.54 Å². The normalized spacial score (nSPS) is 11.5. The number of benzene rings is 1. The second-order valence-corrected chi connectivity index (χ2v) is 10.4. The predicted molar refractivity (Wildman–Crippen MR) is 81.6 cm³/mol. The van der Waals surface area contributed by atoms with E-state index in [0.29, 0.717) is 0 Å². The fourth-order valence-corrected chi connectivity index (χ4v) is 2.49. The van der Waals surface area contributed by atoms with Gasteiger partial charge in [0.05, 0.1) is 0 Å². The summed E-state index contributed by atoms with van der Waals surface area (Å²) >= 11 is 0. The number of nitrogens with zero attached hydrogens (tertiary/aromatic N) is 2. The second kappa shape index (κ2) is 4.21. The molecule has 0 saturated heterocycles. The van der Waals surface area contributed by atoms with E-state index in [1.54, 1.807) is 6.33 Å².